The van der Waals surface area contributed by atoms with Crippen LogP contribution in [-0.4, -0.2) is 13.4 Å². The maximum atomic E-state index is 13.5. The lowest BCUT2D eigenvalue weighted by Crippen LogP contribution is -2.15. The van der Waals surface area contributed by atoms with Crippen molar-refractivity contribution < 1.29 is 17.2 Å². The highest BCUT2D eigenvalue weighted by molar-refractivity contribution is 7.92. The fourth-order valence-electron chi connectivity index (χ4n) is 1.49. The van der Waals surface area contributed by atoms with Gasteiger partial charge in [0.2, 0.25) is 0 Å². The normalized spacial score (nSPS) is 11.3. The van der Waals surface area contributed by atoms with Gasteiger partial charge in [-0.15, -0.1) is 0 Å². The monoisotopic (exact) mass is 299 g/mol. The van der Waals surface area contributed by atoms with Crippen molar-refractivity contribution in [2.45, 2.75) is 11.8 Å². The van der Waals surface area contributed by atoms with Gasteiger partial charge in [0.05, 0.1) is 16.8 Å². The maximum absolute atomic E-state index is 13.5. The van der Waals surface area contributed by atoms with E-state index >= 15 is 0 Å². The van der Waals surface area contributed by atoms with Crippen molar-refractivity contribution in [3.63, 3.8) is 0 Å². The highest BCUT2D eigenvalue weighted by atomic mass is 32.2. The Morgan fingerprint density at radius 2 is 1.95 bits per heavy atom. The van der Waals surface area contributed by atoms with Crippen LogP contribution in [-0.2, 0) is 10.0 Å². The number of aromatic nitrogens is 1. The fourth-order valence-corrected chi connectivity index (χ4v) is 2.60. The maximum Gasteiger partial charge on any atom is 0.262 e. The largest absolute Gasteiger partial charge is 0.398 e. The molecule has 0 aliphatic heterocycles. The zero-order chi connectivity index (χ0) is 14.9. The van der Waals surface area contributed by atoms with Crippen LogP contribution >= 0.6 is 0 Å². The smallest absolute Gasteiger partial charge is 0.262 e. The summed E-state index contributed by atoms with van der Waals surface area (Å²) in [6, 6.07) is 3.09. The molecule has 0 amide bonds. The topological polar surface area (TPSA) is 85.1 Å². The van der Waals surface area contributed by atoms with Gasteiger partial charge in [-0.2, -0.15) is 0 Å². The third-order valence-corrected chi connectivity index (χ3v) is 4.03. The first-order valence-electron chi connectivity index (χ1n) is 5.49. The van der Waals surface area contributed by atoms with Crippen LogP contribution in [0.15, 0.2) is 35.5 Å². The van der Waals surface area contributed by atoms with E-state index in [0.717, 1.165) is 24.4 Å². The van der Waals surface area contributed by atoms with Crippen LogP contribution in [0, 0.1) is 18.6 Å². The molecule has 0 unspecified atom stereocenters. The molecule has 0 aliphatic carbocycles. The number of pyridine rings is 1. The van der Waals surface area contributed by atoms with Gasteiger partial charge in [-0.1, -0.05) is 0 Å². The second kappa shape index (κ2) is 5.04. The Bertz CT molecular complexity index is 740. The molecule has 1 heterocycles. The Morgan fingerprint density at radius 1 is 1.25 bits per heavy atom. The lowest BCUT2D eigenvalue weighted by Gasteiger charge is -2.10. The van der Waals surface area contributed by atoms with Crippen molar-refractivity contribution in [1.82, 2.24) is 4.98 Å². The number of hydrogen-bond donors (Lipinski definition) is 2. The summed E-state index contributed by atoms with van der Waals surface area (Å²) in [5, 5.41) is 0. The molecule has 0 bridgehead atoms. The predicted octanol–water partition coefficient (Wildman–Crippen LogP) is 2.05. The van der Waals surface area contributed by atoms with Gasteiger partial charge in [-0.3, -0.25) is 9.71 Å². The van der Waals surface area contributed by atoms with Gasteiger partial charge in [-0.25, -0.2) is 17.2 Å². The number of benzene rings is 1. The first-order valence-corrected chi connectivity index (χ1v) is 6.97. The molecule has 0 saturated heterocycles. The van der Waals surface area contributed by atoms with E-state index in [4.69, 9.17) is 5.73 Å². The molecule has 3 N–H and O–H groups in total. The molecule has 5 nitrogen and oxygen atoms in total. The van der Waals surface area contributed by atoms with Crippen LogP contribution in [0.25, 0.3) is 0 Å². The predicted molar refractivity (Wildman–Crippen MR) is 70.6 cm³/mol. The Balaban J connectivity index is 2.44. The number of sulfonamides is 1. The highest BCUT2D eigenvalue weighted by Gasteiger charge is 2.19. The van der Waals surface area contributed by atoms with Crippen molar-refractivity contribution in [3.05, 3.63) is 47.8 Å². The van der Waals surface area contributed by atoms with Crippen LogP contribution in [0.2, 0.25) is 0 Å². The molecule has 106 valence electrons. The van der Waals surface area contributed by atoms with Crippen LogP contribution in [0.1, 0.15) is 5.56 Å². The van der Waals surface area contributed by atoms with Gasteiger partial charge in [0, 0.05) is 17.4 Å². The molecule has 0 radical (unpaired) electrons. The van der Waals surface area contributed by atoms with E-state index in [9.17, 15) is 17.2 Å². The van der Waals surface area contributed by atoms with Crippen molar-refractivity contribution >= 4 is 21.4 Å². The first kappa shape index (κ1) is 14.2. The minimum Gasteiger partial charge on any atom is -0.398 e. The summed E-state index contributed by atoms with van der Waals surface area (Å²) in [6.07, 6.45) is 2.09. The van der Waals surface area contributed by atoms with E-state index in [-0.39, 0.29) is 21.8 Å². The molecule has 2 rings (SSSR count). The molecule has 1 aromatic heterocycles. The SMILES string of the molecule is Cc1c(N)cc(S(=O)(=O)Nc2ccncc2F)cc1F. The number of rotatable bonds is 3. The van der Waals surface area contributed by atoms with Gasteiger partial charge in [0.15, 0.2) is 5.82 Å². The highest BCUT2D eigenvalue weighted by Crippen LogP contribution is 2.23. The molecule has 0 fully saturated rings. The molecule has 1 aromatic carbocycles. The molecule has 0 saturated carbocycles. The first-order chi connectivity index (χ1) is 9.31. The zero-order valence-electron chi connectivity index (χ0n) is 10.4. The summed E-state index contributed by atoms with van der Waals surface area (Å²) < 4.78 is 53.0. The summed E-state index contributed by atoms with van der Waals surface area (Å²) in [7, 11) is -4.14. The number of nitrogens with two attached hydrogens (primary N) is 1. The average Bonchev–Trinajstić information content (AvgIpc) is 2.38. The van der Waals surface area contributed by atoms with Crippen LogP contribution < -0.4 is 10.5 Å². The Labute approximate surface area is 114 Å². The second-order valence-corrected chi connectivity index (χ2v) is 5.76. The molecule has 0 spiro atoms. The second-order valence-electron chi connectivity index (χ2n) is 4.08. The van der Waals surface area contributed by atoms with Crippen LogP contribution in [0.4, 0.5) is 20.2 Å². The van der Waals surface area contributed by atoms with E-state index in [2.05, 4.69) is 4.98 Å². The number of hydrogen-bond acceptors (Lipinski definition) is 4. The summed E-state index contributed by atoms with van der Waals surface area (Å²) in [5.41, 5.74) is 5.40. The molecule has 2 aromatic rings. The molecule has 0 atom stereocenters. The average molecular weight is 299 g/mol. The minimum absolute atomic E-state index is 0.000533. The lowest BCUT2D eigenvalue weighted by atomic mass is 10.2. The van der Waals surface area contributed by atoms with Gasteiger partial charge in [-0.05, 0) is 25.1 Å². The van der Waals surface area contributed by atoms with E-state index in [1.165, 1.54) is 13.1 Å². The van der Waals surface area contributed by atoms with E-state index in [1.807, 2.05) is 4.72 Å². The van der Waals surface area contributed by atoms with E-state index in [1.54, 1.807) is 0 Å². The minimum atomic E-state index is -4.14. The van der Waals surface area contributed by atoms with Crippen molar-refractivity contribution in [2.24, 2.45) is 0 Å². The van der Waals surface area contributed by atoms with Gasteiger partial charge in [0.25, 0.3) is 10.0 Å². The van der Waals surface area contributed by atoms with Crippen molar-refractivity contribution in [3.8, 4) is 0 Å². The molecule has 0 aliphatic rings. The molecule has 8 heteroatoms. The van der Waals surface area contributed by atoms with E-state index in [0.29, 0.717) is 0 Å². The third-order valence-electron chi connectivity index (χ3n) is 2.69. The molecular weight excluding hydrogens is 288 g/mol. The number of halogens is 2. The molecular formula is C12H11F2N3O2S. The lowest BCUT2D eigenvalue weighted by molar-refractivity contribution is 0.591. The summed E-state index contributed by atoms with van der Waals surface area (Å²) >= 11 is 0. The Kier molecular flexibility index (Phi) is 3.58. The van der Waals surface area contributed by atoms with Gasteiger partial charge in [0.1, 0.15) is 5.82 Å². The molecule has 20 heavy (non-hydrogen) atoms. The van der Waals surface area contributed by atoms with Crippen LogP contribution in [0.3, 0.4) is 0 Å². The fraction of sp³-hybridized carbons (Fsp3) is 0.0833. The van der Waals surface area contributed by atoms with Crippen molar-refractivity contribution in [1.29, 1.82) is 0 Å². The summed E-state index contributed by atoms with van der Waals surface area (Å²) in [6.45, 7) is 1.43. The Hall–Kier alpha value is -2.22. The third kappa shape index (κ3) is 2.69. The zero-order valence-corrected chi connectivity index (χ0v) is 11.2. The quantitative estimate of drug-likeness (QED) is 0.849. The van der Waals surface area contributed by atoms with E-state index < -0.39 is 21.7 Å². The van der Waals surface area contributed by atoms with Gasteiger partial charge >= 0.3 is 0 Å². The number of nitrogens with zero attached hydrogens (tertiary/aromatic N) is 1. The Morgan fingerprint density at radius 3 is 2.55 bits per heavy atom. The van der Waals surface area contributed by atoms with Crippen molar-refractivity contribution in [2.75, 3.05) is 10.5 Å². The number of nitrogen functional groups attached to an aromatic ring is 1. The number of anilines is 2. The summed E-state index contributed by atoms with van der Waals surface area (Å²) in [4.78, 5) is 3.12. The standard InChI is InChI=1S/C12H11F2N3O2S/c1-7-9(13)4-8(5-11(7)15)20(18,19)17-12-2-3-16-6-10(12)14/h2-6H,15H2,1H3,(H,16,17). The van der Waals surface area contributed by atoms with Crippen LogP contribution in [0.5, 0.6) is 0 Å². The summed E-state index contributed by atoms with van der Waals surface area (Å²) in [5.74, 6) is -1.59. The van der Waals surface area contributed by atoms with Gasteiger partial charge < -0.3 is 5.73 Å². The number of nitrogens with one attached hydrogen (secondary N) is 1.